The Hall–Kier alpha value is -2.50. The van der Waals surface area contributed by atoms with Crippen LogP contribution in [0.2, 0.25) is 0 Å². The van der Waals surface area contributed by atoms with Gasteiger partial charge in [-0.15, -0.1) is 0 Å². The van der Waals surface area contributed by atoms with E-state index < -0.39 is 0 Å². The first-order valence-electron chi connectivity index (χ1n) is 6.93. The molecule has 6 heteroatoms. The topological polar surface area (TPSA) is 82.2 Å². The number of rotatable bonds is 6. The van der Waals surface area contributed by atoms with E-state index in [-0.39, 0.29) is 5.91 Å². The lowest BCUT2D eigenvalue weighted by atomic mass is 10.2. The lowest BCUT2D eigenvalue weighted by molar-refractivity contribution is 0.102. The van der Waals surface area contributed by atoms with Crippen LogP contribution in [0.1, 0.15) is 30.1 Å². The van der Waals surface area contributed by atoms with Crippen molar-refractivity contribution in [3.8, 4) is 5.75 Å². The van der Waals surface area contributed by atoms with E-state index in [9.17, 15) is 4.79 Å². The van der Waals surface area contributed by atoms with Gasteiger partial charge in [-0.1, -0.05) is 13.3 Å². The number of ether oxygens (including phenoxy) is 1. The molecule has 21 heavy (non-hydrogen) atoms. The van der Waals surface area contributed by atoms with Crippen LogP contribution in [0.4, 0.5) is 11.5 Å². The third-order valence-electron chi connectivity index (χ3n) is 3.08. The van der Waals surface area contributed by atoms with Crippen LogP contribution in [-0.4, -0.2) is 22.3 Å². The summed E-state index contributed by atoms with van der Waals surface area (Å²) >= 11 is 0. The molecule has 112 valence electrons. The first-order chi connectivity index (χ1) is 10.1. The predicted molar refractivity (Wildman–Crippen MR) is 82.4 cm³/mol. The van der Waals surface area contributed by atoms with E-state index in [0.29, 0.717) is 23.7 Å². The summed E-state index contributed by atoms with van der Waals surface area (Å²) in [5.74, 6) is 1.02. The number of nitrogen functional groups attached to an aromatic ring is 1. The third kappa shape index (κ3) is 3.75. The SMILES string of the molecule is CCCCOc1ccc(C(=O)Nc2c(N)cnn2C)cc1. The highest BCUT2D eigenvalue weighted by atomic mass is 16.5. The highest BCUT2D eigenvalue weighted by Crippen LogP contribution is 2.18. The summed E-state index contributed by atoms with van der Waals surface area (Å²) in [5, 5.41) is 6.72. The number of nitrogens with two attached hydrogens (primary N) is 1. The smallest absolute Gasteiger partial charge is 0.256 e. The maximum Gasteiger partial charge on any atom is 0.256 e. The molecule has 0 radical (unpaired) electrons. The Morgan fingerprint density at radius 3 is 2.67 bits per heavy atom. The van der Waals surface area contributed by atoms with Crippen molar-refractivity contribution < 1.29 is 9.53 Å². The van der Waals surface area contributed by atoms with Gasteiger partial charge in [0.05, 0.1) is 18.5 Å². The van der Waals surface area contributed by atoms with Gasteiger partial charge in [0.25, 0.3) is 5.91 Å². The molecule has 0 fully saturated rings. The minimum Gasteiger partial charge on any atom is -0.494 e. The predicted octanol–water partition coefficient (Wildman–Crippen LogP) is 2.43. The summed E-state index contributed by atoms with van der Waals surface area (Å²) in [6, 6.07) is 7.03. The summed E-state index contributed by atoms with van der Waals surface area (Å²) in [6.07, 6.45) is 3.61. The monoisotopic (exact) mass is 288 g/mol. The molecule has 1 amide bonds. The molecule has 0 atom stereocenters. The molecule has 6 nitrogen and oxygen atoms in total. The van der Waals surface area contributed by atoms with Crippen LogP contribution < -0.4 is 15.8 Å². The van der Waals surface area contributed by atoms with Gasteiger partial charge in [-0.25, -0.2) is 0 Å². The number of anilines is 2. The highest BCUT2D eigenvalue weighted by molar-refractivity contribution is 6.05. The number of nitrogens with one attached hydrogen (secondary N) is 1. The molecule has 0 spiro atoms. The Morgan fingerprint density at radius 1 is 1.38 bits per heavy atom. The molecular formula is C15H20N4O2. The third-order valence-corrected chi connectivity index (χ3v) is 3.08. The molecule has 1 heterocycles. The van der Waals surface area contributed by atoms with E-state index in [1.165, 1.54) is 10.9 Å². The van der Waals surface area contributed by atoms with Gasteiger partial charge in [-0.2, -0.15) is 5.10 Å². The molecule has 2 rings (SSSR count). The van der Waals surface area contributed by atoms with E-state index in [1.54, 1.807) is 31.3 Å². The van der Waals surface area contributed by atoms with Crippen molar-refractivity contribution in [3.05, 3.63) is 36.0 Å². The van der Waals surface area contributed by atoms with Gasteiger partial charge in [0.2, 0.25) is 0 Å². The fourth-order valence-corrected chi connectivity index (χ4v) is 1.82. The number of carbonyl (C=O) groups excluding carboxylic acids is 1. The van der Waals surface area contributed by atoms with Gasteiger partial charge in [0, 0.05) is 12.6 Å². The average Bonchev–Trinajstić information content (AvgIpc) is 2.80. The Bertz CT molecular complexity index is 585. The number of nitrogens with zero attached hydrogens (tertiary/aromatic N) is 2. The summed E-state index contributed by atoms with van der Waals surface area (Å²) in [7, 11) is 1.72. The number of benzene rings is 1. The van der Waals surface area contributed by atoms with E-state index in [0.717, 1.165) is 18.6 Å². The van der Waals surface area contributed by atoms with Crippen molar-refractivity contribution in [2.75, 3.05) is 17.7 Å². The number of hydrogen-bond donors (Lipinski definition) is 2. The van der Waals surface area contributed by atoms with Crippen LogP contribution in [0.15, 0.2) is 30.5 Å². The van der Waals surface area contributed by atoms with Crippen molar-refractivity contribution in [1.82, 2.24) is 9.78 Å². The second-order valence-corrected chi connectivity index (χ2v) is 4.75. The normalized spacial score (nSPS) is 10.4. The molecule has 2 aromatic rings. The summed E-state index contributed by atoms with van der Waals surface area (Å²) < 4.78 is 7.08. The number of hydrogen-bond acceptors (Lipinski definition) is 4. The fraction of sp³-hybridized carbons (Fsp3) is 0.333. The van der Waals surface area contributed by atoms with Gasteiger partial charge >= 0.3 is 0 Å². The molecule has 3 N–H and O–H groups in total. The summed E-state index contributed by atoms with van der Waals surface area (Å²) in [5.41, 5.74) is 6.72. The first-order valence-corrected chi connectivity index (χ1v) is 6.93. The van der Waals surface area contributed by atoms with E-state index >= 15 is 0 Å². The molecule has 0 aliphatic heterocycles. The molecular weight excluding hydrogens is 268 g/mol. The molecule has 0 bridgehead atoms. The second kappa shape index (κ2) is 6.78. The minimum absolute atomic E-state index is 0.231. The molecule has 1 aromatic heterocycles. The van der Waals surface area contributed by atoms with Crippen molar-refractivity contribution >= 4 is 17.4 Å². The zero-order valence-corrected chi connectivity index (χ0v) is 12.3. The second-order valence-electron chi connectivity index (χ2n) is 4.75. The number of unbranched alkanes of at least 4 members (excludes halogenated alkanes) is 1. The molecule has 0 aliphatic rings. The van der Waals surface area contributed by atoms with Gasteiger partial charge < -0.3 is 15.8 Å². The maximum atomic E-state index is 12.1. The number of carbonyl (C=O) groups is 1. The first kappa shape index (κ1) is 14.9. The Balaban J connectivity index is 2.00. The molecule has 0 saturated heterocycles. The van der Waals surface area contributed by atoms with Crippen LogP contribution in [0, 0.1) is 0 Å². The number of amides is 1. The van der Waals surface area contributed by atoms with Gasteiger partial charge in [-0.3, -0.25) is 9.48 Å². The van der Waals surface area contributed by atoms with Crippen molar-refractivity contribution in [2.45, 2.75) is 19.8 Å². The van der Waals surface area contributed by atoms with Crippen LogP contribution in [0.25, 0.3) is 0 Å². The van der Waals surface area contributed by atoms with Crippen LogP contribution in [0.3, 0.4) is 0 Å². The Kier molecular flexibility index (Phi) is 4.81. The summed E-state index contributed by atoms with van der Waals surface area (Å²) in [6.45, 7) is 2.80. The Morgan fingerprint density at radius 2 is 2.10 bits per heavy atom. The van der Waals surface area contributed by atoms with Crippen molar-refractivity contribution in [2.24, 2.45) is 7.05 Å². The standard InChI is InChI=1S/C15H20N4O2/c1-3-4-9-21-12-7-5-11(6-8-12)15(20)18-14-13(16)10-17-19(14)2/h5-8,10H,3-4,9,16H2,1-2H3,(H,18,20). The number of aryl methyl sites for hydroxylation is 1. The molecule has 0 unspecified atom stereocenters. The zero-order valence-electron chi connectivity index (χ0n) is 12.3. The van der Waals surface area contributed by atoms with Crippen molar-refractivity contribution in [3.63, 3.8) is 0 Å². The van der Waals surface area contributed by atoms with E-state index in [4.69, 9.17) is 10.5 Å². The van der Waals surface area contributed by atoms with Crippen LogP contribution >= 0.6 is 0 Å². The number of aromatic nitrogens is 2. The van der Waals surface area contributed by atoms with Gasteiger partial charge in [0.15, 0.2) is 5.82 Å². The molecule has 0 aliphatic carbocycles. The van der Waals surface area contributed by atoms with Gasteiger partial charge in [-0.05, 0) is 30.7 Å². The lowest BCUT2D eigenvalue weighted by Crippen LogP contribution is -2.15. The zero-order chi connectivity index (χ0) is 15.2. The van der Waals surface area contributed by atoms with Crippen molar-refractivity contribution in [1.29, 1.82) is 0 Å². The van der Waals surface area contributed by atoms with E-state index in [2.05, 4.69) is 17.3 Å². The summed E-state index contributed by atoms with van der Waals surface area (Å²) in [4.78, 5) is 12.1. The average molecular weight is 288 g/mol. The minimum atomic E-state index is -0.231. The highest BCUT2D eigenvalue weighted by Gasteiger charge is 2.11. The van der Waals surface area contributed by atoms with Gasteiger partial charge in [0.1, 0.15) is 5.75 Å². The molecule has 1 aromatic carbocycles. The Labute approximate surface area is 123 Å². The van der Waals surface area contributed by atoms with Crippen LogP contribution in [0.5, 0.6) is 5.75 Å². The lowest BCUT2D eigenvalue weighted by Gasteiger charge is -2.08. The largest absolute Gasteiger partial charge is 0.494 e. The molecule has 0 saturated carbocycles. The van der Waals surface area contributed by atoms with Crippen LogP contribution in [-0.2, 0) is 7.05 Å². The fourth-order valence-electron chi connectivity index (χ4n) is 1.82. The quantitative estimate of drug-likeness (QED) is 0.800. The van der Waals surface area contributed by atoms with E-state index in [1.807, 2.05) is 0 Å². The maximum absolute atomic E-state index is 12.1.